The number of nitrogens with one attached hydrogen (secondary N) is 2. The molecule has 6 nitrogen and oxygen atoms in total. The van der Waals surface area contributed by atoms with Gasteiger partial charge in [0.15, 0.2) is 0 Å². The first kappa shape index (κ1) is 28.8. The van der Waals surface area contributed by atoms with Crippen LogP contribution >= 0.6 is 15.9 Å². The van der Waals surface area contributed by atoms with Crippen molar-refractivity contribution in [3.05, 3.63) is 124 Å². The molecule has 0 bridgehead atoms. The second-order valence-corrected chi connectivity index (χ2v) is 11.5. The minimum atomic E-state index is -1.16. The van der Waals surface area contributed by atoms with E-state index in [1.807, 2.05) is 66.7 Å². The molecule has 0 aromatic heterocycles. The van der Waals surface area contributed by atoms with Gasteiger partial charge in [-0.05, 0) is 58.0 Å². The molecule has 0 fully saturated rings. The highest BCUT2D eigenvalue weighted by Crippen LogP contribution is 2.25. The third-order valence-electron chi connectivity index (χ3n) is 6.59. The number of amides is 2. The number of carboxylic acids is 1. The maximum atomic E-state index is 13.3. The molecule has 0 aliphatic carbocycles. The average Bonchev–Trinajstić information content (AvgIpc) is 2.94. The summed E-state index contributed by atoms with van der Waals surface area (Å²) in [5.74, 6) is -2.13. The number of halogens is 1. The van der Waals surface area contributed by atoms with Crippen molar-refractivity contribution in [3.63, 3.8) is 0 Å². The molecule has 0 heterocycles. The maximum absolute atomic E-state index is 13.3. The first-order valence-electron chi connectivity index (χ1n) is 12.9. The van der Waals surface area contributed by atoms with Crippen molar-refractivity contribution in [1.82, 2.24) is 5.32 Å². The van der Waals surface area contributed by atoms with Gasteiger partial charge in [0.05, 0.1) is 11.3 Å². The zero-order valence-electron chi connectivity index (χ0n) is 22.6. The molecule has 0 spiro atoms. The van der Waals surface area contributed by atoms with Crippen LogP contribution in [0.25, 0.3) is 11.1 Å². The van der Waals surface area contributed by atoms with E-state index in [0.29, 0.717) is 10.0 Å². The van der Waals surface area contributed by atoms with Gasteiger partial charge in [-0.15, -0.1) is 0 Å². The summed E-state index contributed by atoms with van der Waals surface area (Å²) in [5, 5.41) is 15.3. The summed E-state index contributed by atoms with van der Waals surface area (Å²) in [5.41, 5.74) is 4.79. The standard InChI is InChI=1S/C33H31BrN2O4/c1-33(2,3)25-15-13-24(14-16-25)30(37)35-28-18-17-26(34)20-27(28)31(38)36-29(32(39)40)19-21-9-11-23(12-10-21)22-7-5-4-6-8-22/h4-18,20,29H,19H2,1-3H3,(H,35,37)(H,36,38)(H,39,40)/t29-/m0/s1. The molecule has 4 aromatic rings. The summed E-state index contributed by atoms with van der Waals surface area (Å²) in [6.45, 7) is 6.29. The average molecular weight is 600 g/mol. The third-order valence-corrected chi connectivity index (χ3v) is 7.09. The van der Waals surface area contributed by atoms with Crippen LogP contribution in [0.1, 0.15) is 52.6 Å². The highest BCUT2D eigenvalue weighted by molar-refractivity contribution is 9.10. The molecule has 4 rings (SSSR count). The first-order chi connectivity index (χ1) is 19.0. The Hall–Kier alpha value is -4.23. The molecular formula is C33H31BrN2O4. The molecule has 0 unspecified atom stereocenters. The van der Waals surface area contributed by atoms with Gasteiger partial charge in [0, 0.05) is 16.5 Å². The lowest BCUT2D eigenvalue weighted by Crippen LogP contribution is -2.42. The number of carbonyl (C=O) groups excluding carboxylic acids is 2. The number of carbonyl (C=O) groups is 3. The van der Waals surface area contributed by atoms with Crippen LogP contribution in [0.2, 0.25) is 0 Å². The second kappa shape index (κ2) is 12.3. The van der Waals surface area contributed by atoms with E-state index in [2.05, 4.69) is 47.3 Å². The lowest BCUT2D eigenvalue weighted by Gasteiger charge is -2.19. The molecule has 0 aliphatic rings. The topological polar surface area (TPSA) is 95.5 Å². The summed E-state index contributed by atoms with van der Waals surface area (Å²) >= 11 is 3.37. The van der Waals surface area contributed by atoms with E-state index in [4.69, 9.17) is 0 Å². The van der Waals surface area contributed by atoms with Gasteiger partial charge in [0.25, 0.3) is 11.8 Å². The molecule has 2 amide bonds. The Morgan fingerprint density at radius 3 is 2.02 bits per heavy atom. The maximum Gasteiger partial charge on any atom is 0.326 e. The lowest BCUT2D eigenvalue weighted by atomic mass is 9.86. The SMILES string of the molecule is CC(C)(C)c1ccc(C(=O)Nc2ccc(Br)cc2C(=O)N[C@@H](Cc2ccc(-c3ccccc3)cc2)C(=O)O)cc1. The Morgan fingerprint density at radius 2 is 1.43 bits per heavy atom. The molecule has 1 atom stereocenters. The molecule has 4 aromatic carbocycles. The van der Waals surface area contributed by atoms with Crippen LogP contribution in [0.3, 0.4) is 0 Å². The molecule has 0 saturated carbocycles. The Kier molecular flexibility index (Phi) is 8.85. The van der Waals surface area contributed by atoms with E-state index in [0.717, 1.165) is 22.3 Å². The predicted molar refractivity (Wildman–Crippen MR) is 162 cm³/mol. The quantitative estimate of drug-likeness (QED) is 0.202. The molecule has 0 saturated heterocycles. The van der Waals surface area contributed by atoms with E-state index >= 15 is 0 Å². The van der Waals surface area contributed by atoms with Gasteiger partial charge in [0.2, 0.25) is 0 Å². The number of aliphatic carboxylic acids is 1. The number of benzene rings is 4. The summed E-state index contributed by atoms with van der Waals surface area (Å²) < 4.78 is 0.619. The first-order valence-corrected chi connectivity index (χ1v) is 13.7. The number of carboxylic acid groups (broad SMARTS) is 1. The van der Waals surface area contributed by atoms with E-state index in [-0.39, 0.29) is 29.0 Å². The lowest BCUT2D eigenvalue weighted by molar-refractivity contribution is -0.139. The van der Waals surface area contributed by atoms with Crippen LogP contribution in [0.4, 0.5) is 5.69 Å². The van der Waals surface area contributed by atoms with Crippen molar-refractivity contribution in [2.75, 3.05) is 5.32 Å². The van der Waals surface area contributed by atoms with Crippen LogP contribution in [0, 0.1) is 0 Å². The van der Waals surface area contributed by atoms with Crippen molar-refractivity contribution >= 4 is 39.4 Å². The summed E-state index contributed by atoms with van der Waals surface area (Å²) in [7, 11) is 0. The van der Waals surface area contributed by atoms with Gasteiger partial charge in [-0.2, -0.15) is 0 Å². The minimum Gasteiger partial charge on any atom is -0.480 e. The second-order valence-electron chi connectivity index (χ2n) is 10.6. The largest absolute Gasteiger partial charge is 0.480 e. The van der Waals surface area contributed by atoms with Gasteiger partial charge in [0.1, 0.15) is 6.04 Å². The smallest absolute Gasteiger partial charge is 0.326 e. The zero-order valence-corrected chi connectivity index (χ0v) is 24.2. The van der Waals surface area contributed by atoms with Crippen molar-refractivity contribution in [2.24, 2.45) is 0 Å². The summed E-state index contributed by atoms with van der Waals surface area (Å²) in [6, 6.07) is 28.5. The Morgan fingerprint density at radius 1 is 0.800 bits per heavy atom. The Labute approximate surface area is 242 Å². The van der Waals surface area contributed by atoms with Crippen LogP contribution in [-0.2, 0) is 16.6 Å². The van der Waals surface area contributed by atoms with Gasteiger partial charge in [-0.25, -0.2) is 4.79 Å². The van der Waals surface area contributed by atoms with Gasteiger partial charge in [-0.1, -0.05) is 103 Å². The fourth-order valence-electron chi connectivity index (χ4n) is 4.27. The highest BCUT2D eigenvalue weighted by atomic mass is 79.9. The van der Waals surface area contributed by atoms with E-state index in [1.165, 1.54) is 0 Å². The molecule has 7 heteroatoms. The monoisotopic (exact) mass is 598 g/mol. The molecule has 0 radical (unpaired) electrons. The minimum absolute atomic E-state index is 0.0451. The fourth-order valence-corrected chi connectivity index (χ4v) is 4.63. The van der Waals surface area contributed by atoms with Crippen LogP contribution < -0.4 is 10.6 Å². The Balaban J connectivity index is 1.49. The molecule has 40 heavy (non-hydrogen) atoms. The van der Waals surface area contributed by atoms with Crippen molar-refractivity contribution in [3.8, 4) is 11.1 Å². The highest BCUT2D eigenvalue weighted by Gasteiger charge is 2.24. The van der Waals surface area contributed by atoms with Gasteiger partial charge < -0.3 is 15.7 Å². The van der Waals surface area contributed by atoms with Crippen molar-refractivity contribution in [2.45, 2.75) is 38.6 Å². The zero-order chi connectivity index (χ0) is 28.9. The Bertz CT molecular complexity index is 1510. The summed E-state index contributed by atoms with van der Waals surface area (Å²) in [6.07, 6.45) is 0.103. The predicted octanol–water partition coefficient (Wildman–Crippen LogP) is 7.09. The molecule has 0 aliphatic heterocycles. The van der Waals surface area contributed by atoms with E-state index in [9.17, 15) is 19.5 Å². The van der Waals surface area contributed by atoms with E-state index < -0.39 is 17.9 Å². The van der Waals surface area contributed by atoms with Crippen LogP contribution in [-0.4, -0.2) is 28.9 Å². The van der Waals surface area contributed by atoms with Crippen LogP contribution in [0.15, 0.2) is 102 Å². The summed E-state index contributed by atoms with van der Waals surface area (Å²) in [4.78, 5) is 38.4. The number of hydrogen-bond donors (Lipinski definition) is 3. The van der Waals surface area contributed by atoms with E-state index in [1.54, 1.807) is 30.3 Å². The molecular weight excluding hydrogens is 568 g/mol. The van der Waals surface area contributed by atoms with Crippen molar-refractivity contribution in [1.29, 1.82) is 0 Å². The third kappa shape index (κ3) is 7.24. The molecule has 204 valence electrons. The van der Waals surface area contributed by atoms with Gasteiger partial charge >= 0.3 is 5.97 Å². The number of anilines is 1. The van der Waals surface area contributed by atoms with Crippen LogP contribution in [0.5, 0.6) is 0 Å². The molecule has 3 N–H and O–H groups in total. The normalized spacial score (nSPS) is 11.9. The number of rotatable bonds is 8. The fraction of sp³-hybridized carbons (Fsp3) is 0.182. The van der Waals surface area contributed by atoms with Crippen molar-refractivity contribution < 1.29 is 19.5 Å². The van der Waals surface area contributed by atoms with Gasteiger partial charge in [-0.3, -0.25) is 9.59 Å². The number of hydrogen-bond acceptors (Lipinski definition) is 3.